The van der Waals surface area contributed by atoms with Crippen molar-refractivity contribution in [1.29, 1.82) is 0 Å². The van der Waals surface area contributed by atoms with Gasteiger partial charge in [0, 0.05) is 6.66 Å². The Morgan fingerprint density at radius 3 is 1.90 bits per heavy atom. The molecule has 0 heterocycles. The van der Waals surface area contributed by atoms with Crippen molar-refractivity contribution < 1.29 is 13.6 Å². The van der Waals surface area contributed by atoms with Crippen molar-refractivity contribution in [2.75, 3.05) is 13.3 Å². The molecule has 0 amide bonds. The van der Waals surface area contributed by atoms with E-state index < -0.39 is 7.60 Å². The lowest BCUT2D eigenvalue weighted by Crippen LogP contribution is -2.15. The van der Waals surface area contributed by atoms with Crippen LogP contribution in [0.4, 0.5) is 0 Å². The van der Waals surface area contributed by atoms with Crippen LogP contribution in [0.3, 0.4) is 0 Å². The summed E-state index contributed by atoms with van der Waals surface area (Å²) in [6.07, 6.45) is 0. The molecule has 4 heteroatoms. The van der Waals surface area contributed by atoms with Gasteiger partial charge in [-0.1, -0.05) is 95.1 Å². The van der Waals surface area contributed by atoms with Gasteiger partial charge in [0.15, 0.2) is 0 Å². The van der Waals surface area contributed by atoms with Gasteiger partial charge in [0.2, 0.25) is 0 Å². The largest absolute Gasteiger partial charge is 0.327 e. The van der Waals surface area contributed by atoms with E-state index in [1.807, 2.05) is 13.0 Å². The van der Waals surface area contributed by atoms with Crippen molar-refractivity contribution in [2.24, 2.45) is 0 Å². The summed E-state index contributed by atoms with van der Waals surface area (Å²) < 4.78 is 22.6. The maximum absolute atomic E-state index is 12.0. The number of hydrogen-bond acceptors (Lipinski definition) is 3. The van der Waals surface area contributed by atoms with Crippen molar-refractivity contribution in [2.45, 2.75) is 79.8 Å². The fraction of sp³-hybridized carbons (Fsp3) is 0.538. The highest BCUT2D eigenvalue weighted by Crippen LogP contribution is 2.45. The first-order valence-corrected chi connectivity index (χ1v) is 12.7. The van der Waals surface area contributed by atoms with Gasteiger partial charge >= 0.3 is 7.60 Å². The van der Waals surface area contributed by atoms with E-state index in [1.54, 1.807) is 0 Å². The molecule has 168 valence electrons. The molecule has 0 spiro atoms. The van der Waals surface area contributed by atoms with Crippen molar-refractivity contribution in [1.82, 2.24) is 0 Å². The molecule has 0 aliphatic heterocycles. The van der Waals surface area contributed by atoms with Crippen LogP contribution in [0.1, 0.15) is 76.3 Å². The Kier molecular flexibility index (Phi) is 9.54. The Morgan fingerprint density at radius 1 is 0.833 bits per heavy atom. The van der Waals surface area contributed by atoms with Gasteiger partial charge in [-0.05, 0) is 48.3 Å². The molecule has 1 unspecified atom stereocenters. The second-order valence-corrected chi connectivity index (χ2v) is 12.1. The number of hydrogen-bond donors (Lipinski definition) is 0. The van der Waals surface area contributed by atoms with Crippen LogP contribution < -0.4 is 0 Å². The Morgan fingerprint density at radius 2 is 1.43 bits per heavy atom. The summed E-state index contributed by atoms with van der Waals surface area (Å²) in [7, 11) is -2.94. The van der Waals surface area contributed by atoms with Crippen LogP contribution in [0.15, 0.2) is 42.5 Å². The van der Waals surface area contributed by atoms with Crippen molar-refractivity contribution in [3.63, 3.8) is 0 Å². The molecule has 0 aliphatic carbocycles. The smallest absolute Gasteiger partial charge is 0.309 e. The van der Waals surface area contributed by atoms with E-state index in [0.29, 0.717) is 13.2 Å². The standard InChI is InChI=1S/C15H25O3P.C11H16/c1-7-17-19(6,16)18-11-13-9-8-12(2)10-14(13)15(3,4)5;1-9-6-5-7-10(8-9)11(2,3)4/h8-10H,7,11H2,1-6H3;5-8H,1-4H3. The van der Waals surface area contributed by atoms with Crippen LogP contribution in [0.2, 0.25) is 0 Å². The summed E-state index contributed by atoms with van der Waals surface area (Å²) in [5.74, 6) is 0. The zero-order valence-electron chi connectivity index (χ0n) is 20.6. The minimum absolute atomic E-state index is 0.0358. The molecule has 2 aromatic rings. The molecule has 0 aromatic heterocycles. The van der Waals surface area contributed by atoms with E-state index in [4.69, 9.17) is 9.05 Å². The number of rotatable bonds is 5. The third kappa shape index (κ3) is 9.16. The Labute approximate surface area is 184 Å². The summed E-state index contributed by atoms with van der Waals surface area (Å²) in [6, 6.07) is 15.0. The number of benzene rings is 2. The maximum atomic E-state index is 12.0. The third-order valence-corrected chi connectivity index (χ3v) is 6.10. The summed E-state index contributed by atoms with van der Waals surface area (Å²) in [4.78, 5) is 0. The monoisotopic (exact) mass is 432 g/mol. The SMILES string of the molecule is CCOP(C)(=O)OCc1ccc(C)cc1C(C)(C)C.Cc1cccc(C(C)(C)C)c1. The molecule has 0 saturated carbocycles. The minimum Gasteiger partial charge on any atom is -0.309 e. The van der Waals surface area contributed by atoms with E-state index >= 15 is 0 Å². The highest BCUT2D eigenvalue weighted by molar-refractivity contribution is 7.52. The molecule has 0 saturated heterocycles. The Bertz CT molecular complexity index is 857. The molecule has 3 nitrogen and oxygen atoms in total. The normalized spacial score (nSPS) is 13.9. The lowest BCUT2D eigenvalue weighted by atomic mass is 9.83. The van der Waals surface area contributed by atoms with Crippen molar-refractivity contribution in [3.8, 4) is 0 Å². The molecule has 0 N–H and O–H groups in total. The zero-order valence-corrected chi connectivity index (χ0v) is 21.5. The first-order valence-electron chi connectivity index (χ1n) is 10.7. The van der Waals surface area contributed by atoms with Crippen LogP contribution >= 0.6 is 7.60 Å². The predicted molar refractivity (Wildman–Crippen MR) is 130 cm³/mol. The van der Waals surface area contributed by atoms with Gasteiger partial charge in [0.1, 0.15) is 0 Å². The summed E-state index contributed by atoms with van der Waals surface area (Å²) in [5.41, 5.74) is 6.59. The van der Waals surface area contributed by atoms with Gasteiger partial charge in [-0.2, -0.15) is 0 Å². The molecule has 0 fully saturated rings. The Balaban J connectivity index is 0.000000346. The van der Waals surface area contributed by atoms with Gasteiger partial charge in [-0.25, -0.2) is 0 Å². The lowest BCUT2D eigenvalue weighted by Gasteiger charge is -2.24. The third-order valence-electron chi connectivity index (χ3n) is 4.78. The highest BCUT2D eigenvalue weighted by atomic mass is 31.2. The van der Waals surface area contributed by atoms with E-state index in [0.717, 1.165) is 5.56 Å². The van der Waals surface area contributed by atoms with E-state index in [2.05, 4.69) is 91.8 Å². The molecule has 0 radical (unpaired) electrons. The molecule has 30 heavy (non-hydrogen) atoms. The van der Waals surface area contributed by atoms with E-state index in [1.165, 1.54) is 28.9 Å². The van der Waals surface area contributed by atoms with Gasteiger partial charge < -0.3 is 9.05 Å². The van der Waals surface area contributed by atoms with Crippen LogP contribution in [0, 0.1) is 13.8 Å². The van der Waals surface area contributed by atoms with Crippen LogP contribution in [0.25, 0.3) is 0 Å². The second kappa shape index (κ2) is 10.8. The summed E-state index contributed by atoms with van der Waals surface area (Å²) >= 11 is 0. The summed E-state index contributed by atoms with van der Waals surface area (Å²) in [6.45, 7) is 21.5. The molecule has 0 aliphatic rings. The fourth-order valence-corrected chi connectivity index (χ4v) is 4.00. The van der Waals surface area contributed by atoms with Crippen LogP contribution in [-0.2, 0) is 31.0 Å². The van der Waals surface area contributed by atoms with Gasteiger partial charge in [0.05, 0.1) is 13.2 Å². The first-order chi connectivity index (χ1) is 13.7. The predicted octanol–water partition coefficient (Wildman–Crippen LogP) is 7.96. The van der Waals surface area contributed by atoms with Gasteiger partial charge in [-0.3, -0.25) is 4.57 Å². The summed E-state index contributed by atoms with van der Waals surface area (Å²) in [5, 5.41) is 0. The van der Waals surface area contributed by atoms with E-state index in [9.17, 15) is 4.57 Å². The second-order valence-electron chi connectivity index (χ2n) is 9.99. The molecular weight excluding hydrogens is 391 g/mol. The Hall–Kier alpha value is -1.41. The molecule has 2 aromatic carbocycles. The van der Waals surface area contributed by atoms with Gasteiger partial charge in [-0.15, -0.1) is 0 Å². The van der Waals surface area contributed by atoms with E-state index in [-0.39, 0.29) is 10.8 Å². The average molecular weight is 433 g/mol. The molecular formula is C26H41O3P. The quantitative estimate of drug-likeness (QED) is 0.450. The average Bonchev–Trinajstić information content (AvgIpc) is 2.60. The maximum Gasteiger partial charge on any atom is 0.327 e. The first kappa shape index (κ1) is 26.6. The lowest BCUT2D eigenvalue weighted by molar-refractivity contribution is 0.208. The van der Waals surface area contributed by atoms with Gasteiger partial charge in [0.25, 0.3) is 0 Å². The minimum atomic E-state index is -2.94. The molecule has 1 atom stereocenters. The molecule has 0 bridgehead atoms. The molecule has 2 rings (SSSR count). The van der Waals surface area contributed by atoms with Crippen molar-refractivity contribution in [3.05, 3.63) is 70.3 Å². The topological polar surface area (TPSA) is 35.5 Å². The van der Waals surface area contributed by atoms with Crippen LogP contribution in [0.5, 0.6) is 0 Å². The van der Waals surface area contributed by atoms with Crippen molar-refractivity contribution >= 4 is 7.60 Å². The number of aryl methyl sites for hydroxylation is 2. The zero-order chi connectivity index (χ0) is 23.2. The fourth-order valence-electron chi connectivity index (χ4n) is 3.08. The van der Waals surface area contributed by atoms with Crippen LogP contribution in [-0.4, -0.2) is 13.3 Å². The highest BCUT2D eigenvalue weighted by Gasteiger charge is 2.21.